The summed E-state index contributed by atoms with van der Waals surface area (Å²) in [5, 5.41) is 25.4. The molecule has 4 N–H and O–H groups in total. The number of carboxylic acid groups (broad SMARTS) is 1. The fourth-order valence-electron chi connectivity index (χ4n) is 6.42. The lowest BCUT2D eigenvalue weighted by molar-refractivity contribution is -0.192. The Morgan fingerprint density at radius 2 is 1.72 bits per heavy atom. The molecule has 2 aromatic carbocycles. The fraction of sp³-hybridized carbons (Fsp3) is 0.471. The largest absolute Gasteiger partial charge is 0.490 e. The Hall–Kier alpha value is -4.23. The molecule has 0 radical (unpaired) electrons. The van der Waals surface area contributed by atoms with Gasteiger partial charge in [-0.15, -0.1) is 0 Å². The number of imidazole rings is 1. The first kappa shape index (κ1) is 35.6. The summed E-state index contributed by atoms with van der Waals surface area (Å²) in [5.74, 6) is -2.88. The molecular formula is C34H42F3N5O5. The van der Waals surface area contributed by atoms with Gasteiger partial charge in [-0.3, -0.25) is 9.59 Å². The van der Waals surface area contributed by atoms with E-state index in [1.807, 2.05) is 53.4 Å². The van der Waals surface area contributed by atoms with Crippen molar-refractivity contribution < 1.29 is 37.8 Å². The number of rotatable bonds is 9. The zero-order valence-electron chi connectivity index (χ0n) is 26.4. The van der Waals surface area contributed by atoms with Gasteiger partial charge in [0, 0.05) is 44.7 Å². The van der Waals surface area contributed by atoms with Crippen molar-refractivity contribution in [2.75, 3.05) is 26.2 Å². The highest BCUT2D eigenvalue weighted by molar-refractivity contribution is 5.98. The van der Waals surface area contributed by atoms with E-state index in [1.165, 1.54) is 12.5 Å². The second-order valence-corrected chi connectivity index (χ2v) is 12.0. The molecule has 2 amide bonds. The molecule has 3 aromatic rings. The Bertz CT molecular complexity index is 1480. The molecule has 0 unspecified atom stereocenters. The molecule has 1 aliphatic heterocycles. The van der Waals surface area contributed by atoms with Gasteiger partial charge in [-0.25, -0.2) is 9.78 Å². The van der Waals surface area contributed by atoms with Crippen LogP contribution in [0.15, 0.2) is 67.0 Å². The lowest BCUT2D eigenvalue weighted by Gasteiger charge is -2.41. The van der Waals surface area contributed by atoms with Crippen molar-refractivity contribution in [2.45, 2.75) is 75.7 Å². The van der Waals surface area contributed by atoms with Crippen molar-refractivity contribution in [1.82, 2.24) is 25.1 Å². The Labute approximate surface area is 272 Å². The van der Waals surface area contributed by atoms with Crippen LogP contribution < -0.4 is 10.6 Å². The zero-order chi connectivity index (χ0) is 34.0. The van der Waals surface area contributed by atoms with Crippen LogP contribution in [-0.4, -0.2) is 86.4 Å². The number of carboxylic acids is 1. The van der Waals surface area contributed by atoms with Gasteiger partial charge in [0.1, 0.15) is 0 Å². The maximum Gasteiger partial charge on any atom is 0.490 e. The van der Waals surface area contributed by atoms with Gasteiger partial charge in [0.2, 0.25) is 5.91 Å². The molecule has 47 heavy (non-hydrogen) atoms. The number of halogens is 3. The Balaban J connectivity index is 0.000000644. The molecule has 3 atom stereocenters. The van der Waals surface area contributed by atoms with Crippen LogP contribution in [0.1, 0.15) is 67.5 Å². The number of hydrogen-bond acceptors (Lipinski definition) is 6. The number of nitrogens with zero attached hydrogens (tertiary/aromatic N) is 3. The smallest absolute Gasteiger partial charge is 0.475 e. The minimum absolute atomic E-state index is 0.0258. The number of hydrogen-bond donors (Lipinski definition) is 4. The monoisotopic (exact) mass is 657 g/mol. The lowest BCUT2D eigenvalue weighted by atomic mass is 9.77. The molecule has 13 heteroatoms. The van der Waals surface area contributed by atoms with Gasteiger partial charge in [-0.1, -0.05) is 73.5 Å². The fourth-order valence-corrected chi connectivity index (χ4v) is 6.42. The van der Waals surface area contributed by atoms with Crippen molar-refractivity contribution in [1.29, 1.82) is 0 Å². The van der Waals surface area contributed by atoms with Gasteiger partial charge in [0.05, 0.1) is 23.7 Å². The number of carbonyl (C=O) groups is 3. The summed E-state index contributed by atoms with van der Waals surface area (Å²) < 4.78 is 33.8. The molecule has 254 valence electrons. The Morgan fingerprint density at radius 3 is 2.36 bits per heavy atom. The highest BCUT2D eigenvalue weighted by atomic mass is 19.4. The Kier molecular flexibility index (Phi) is 12.2. The van der Waals surface area contributed by atoms with Gasteiger partial charge >= 0.3 is 12.1 Å². The van der Waals surface area contributed by atoms with Gasteiger partial charge in [-0.05, 0) is 37.7 Å². The average molecular weight is 658 g/mol. The summed E-state index contributed by atoms with van der Waals surface area (Å²) >= 11 is 0. The van der Waals surface area contributed by atoms with Crippen LogP contribution in [0, 0.1) is 0 Å². The summed E-state index contributed by atoms with van der Waals surface area (Å²) in [7, 11) is 0. The van der Waals surface area contributed by atoms with E-state index in [2.05, 4.69) is 27.3 Å². The van der Waals surface area contributed by atoms with E-state index in [1.54, 1.807) is 6.33 Å². The standard InChI is InChI=1S/C32H41N5O3.C2HF3O2/c1-24(38)34-18-10-17-32(40)16-9-8-15-28(32)37-23-35-29(30(37)26-13-6-3-7-14-26)31(39)36-20-19-33-22-27(36)21-25-11-4-2-5-12-25;3-2(4,5)1(6)7/h2-7,11-14,23,27-28,33,40H,8-10,15-22H2,1H3,(H,34,38);(H,6,7)/t27-,28-,32-;/m1./s1. The first-order chi connectivity index (χ1) is 22.4. The predicted molar refractivity (Wildman–Crippen MR) is 170 cm³/mol. The number of aliphatic carboxylic acids is 1. The molecule has 2 fully saturated rings. The molecule has 0 spiro atoms. The molecule has 0 bridgehead atoms. The Morgan fingerprint density at radius 1 is 1.06 bits per heavy atom. The van der Waals surface area contributed by atoms with Gasteiger partial charge in [0.25, 0.3) is 5.91 Å². The van der Waals surface area contributed by atoms with Gasteiger partial charge in [-0.2, -0.15) is 13.2 Å². The quantitative estimate of drug-likeness (QED) is 0.247. The minimum Gasteiger partial charge on any atom is -0.475 e. The minimum atomic E-state index is -5.08. The molecular weight excluding hydrogens is 615 g/mol. The SMILES string of the molecule is CC(=O)NCCC[C@]1(O)CCCC[C@H]1n1cnc(C(=O)N2CCNC[C@H]2Cc2ccccc2)c1-c1ccccc1.O=C(O)C(F)(F)F. The summed E-state index contributed by atoms with van der Waals surface area (Å²) in [6.45, 7) is 4.15. The van der Waals surface area contributed by atoms with E-state index in [0.717, 1.165) is 50.0 Å². The van der Waals surface area contributed by atoms with E-state index >= 15 is 0 Å². The summed E-state index contributed by atoms with van der Waals surface area (Å²) in [6, 6.07) is 20.1. The number of carbonyl (C=O) groups excluding carboxylic acids is 2. The number of aromatic nitrogens is 2. The van der Waals surface area contributed by atoms with Crippen LogP contribution in [-0.2, 0) is 16.0 Å². The third-order valence-electron chi connectivity index (χ3n) is 8.66. The molecule has 1 saturated heterocycles. The lowest BCUT2D eigenvalue weighted by Crippen LogP contribution is -2.54. The second kappa shape index (κ2) is 16.1. The molecule has 1 aromatic heterocycles. The third kappa shape index (κ3) is 9.41. The van der Waals surface area contributed by atoms with Gasteiger partial charge < -0.3 is 30.3 Å². The van der Waals surface area contributed by atoms with Crippen molar-refractivity contribution in [3.8, 4) is 11.3 Å². The third-order valence-corrected chi connectivity index (χ3v) is 8.66. The number of alkyl halides is 3. The number of nitrogens with one attached hydrogen (secondary N) is 2. The molecule has 10 nitrogen and oxygen atoms in total. The van der Waals surface area contributed by atoms with Crippen molar-refractivity contribution in [3.05, 3.63) is 78.2 Å². The van der Waals surface area contributed by atoms with Crippen LogP contribution in [0.2, 0.25) is 0 Å². The number of aliphatic hydroxyl groups is 1. The van der Waals surface area contributed by atoms with Crippen molar-refractivity contribution >= 4 is 17.8 Å². The number of benzene rings is 2. The molecule has 2 heterocycles. The topological polar surface area (TPSA) is 137 Å². The molecule has 1 saturated carbocycles. The predicted octanol–water partition coefficient (Wildman–Crippen LogP) is 4.60. The first-order valence-electron chi connectivity index (χ1n) is 15.9. The number of amides is 2. The summed E-state index contributed by atoms with van der Waals surface area (Å²) in [6.07, 6.45) is 2.17. The van der Waals surface area contributed by atoms with Gasteiger partial charge in [0.15, 0.2) is 5.69 Å². The highest BCUT2D eigenvalue weighted by Crippen LogP contribution is 2.43. The van der Waals surface area contributed by atoms with Crippen LogP contribution in [0.5, 0.6) is 0 Å². The molecule has 2 aliphatic rings. The van der Waals surface area contributed by atoms with Crippen LogP contribution in [0.4, 0.5) is 13.2 Å². The van der Waals surface area contributed by atoms with E-state index in [0.29, 0.717) is 38.0 Å². The van der Waals surface area contributed by atoms with E-state index in [-0.39, 0.29) is 23.9 Å². The van der Waals surface area contributed by atoms with Crippen LogP contribution in [0.3, 0.4) is 0 Å². The average Bonchev–Trinajstić information content (AvgIpc) is 3.49. The van der Waals surface area contributed by atoms with Crippen LogP contribution >= 0.6 is 0 Å². The molecule has 1 aliphatic carbocycles. The van der Waals surface area contributed by atoms with E-state index in [9.17, 15) is 27.9 Å². The van der Waals surface area contributed by atoms with Crippen molar-refractivity contribution in [3.63, 3.8) is 0 Å². The summed E-state index contributed by atoms with van der Waals surface area (Å²) in [5.41, 5.74) is 2.40. The zero-order valence-corrected chi connectivity index (χ0v) is 26.4. The highest BCUT2D eigenvalue weighted by Gasteiger charge is 2.42. The summed E-state index contributed by atoms with van der Waals surface area (Å²) in [4.78, 5) is 41.2. The van der Waals surface area contributed by atoms with Crippen LogP contribution in [0.25, 0.3) is 11.3 Å². The van der Waals surface area contributed by atoms with E-state index < -0.39 is 17.7 Å². The molecule has 5 rings (SSSR count). The second-order valence-electron chi connectivity index (χ2n) is 12.0. The number of piperazine rings is 1. The maximum absolute atomic E-state index is 14.2. The maximum atomic E-state index is 14.2. The van der Waals surface area contributed by atoms with Crippen molar-refractivity contribution in [2.24, 2.45) is 0 Å². The normalized spacial score (nSPS) is 21.3. The van der Waals surface area contributed by atoms with E-state index in [4.69, 9.17) is 14.9 Å². The first-order valence-corrected chi connectivity index (χ1v) is 15.9.